The quantitative estimate of drug-likeness (QED) is 0.776. The molecule has 0 bridgehead atoms. The van der Waals surface area contributed by atoms with Gasteiger partial charge in [-0.1, -0.05) is 6.07 Å². The number of piperazine rings is 1. The Morgan fingerprint density at radius 3 is 2.48 bits per heavy atom. The first-order valence-corrected chi connectivity index (χ1v) is 9.31. The van der Waals surface area contributed by atoms with E-state index in [2.05, 4.69) is 27.1 Å². The van der Waals surface area contributed by atoms with Crippen LogP contribution in [0.25, 0.3) is 10.9 Å². The molecule has 1 saturated heterocycles. The molecule has 1 fully saturated rings. The second-order valence-corrected chi connectivity index (χ2v) is 7.12. The van der Waals surface area contributed by atoms with E-state index in [0.29, 0.717) is 5.56 Å². The smallest absolute Gasteiger partial charge is 0.255 e. The lowest BCUT2D eigenvalue weighted by atomic mass is 10.1. The van der Waals surface area contributed by atoms with E-state index in [9.17, 15) is 4.79 Å². The van der Waals surface area contributed by atoms with Crippen LogP contribution in [0.3, 0.4) is 0 Å². The zero-order chi connectivity index (χ0) is 18.8. The predicted molar refractivity (Wildman–Crippen MR) is 111 cm³/mol. The number of hydrogen-bond acceptors (Lipinski definition) is 4. The normalized spacial score (nSPS) is 15.1. The zero-order valence-corrected chi connectivity index (χ0v) is 15.8. The van der Waals surface area contributed by atoms with Crippen molar-refractivity contribution < 1.29 is 4.79 Å². The van der Waals surface area contributed by atoms with Crippen molar-refractivity contribution >= 4 is 28.2 Å². The number of benzene rings is 2. The summed E-state index contributed by atoms with van der Waals surface area (Å²) in [5.41, 5.74) is 4.63. The molecular weight excluding hydrogens is 336 g/mol. The van der Waals surface area contributed by atoms with E-state index in [1.807, 2.05) is 55.5 Å². The standard InChI is InChI=1S/C22H24N4O/c1-16-5-10-20(19-4-3-11-23-21(16)19)24-22(27)17-6-8-18(9-7-17)26-14-12-25(2)13-15-26/h3-11H,12-15H2,1-2H3,(H,24,27). The Hall–Kier alpha value is -2.92. The summed E-state index contributed by atoms with van der Waals surface area (Å²) in [6.45, 7) is 6.19. The number of aromatic nitrogens is 1. The average molecular weight is 360 g/mol. The molecule has 0 saturated carbocycles. The number of carbonyl (C=O) groups excluding carboxylic acids is 1. The average Bonchev–Trinajstić information content (AvgIpc) is 2.71. The molecule has 2 heterocycles. The fraction of sp³-hybridized carbons (Fsp3) is 0.273. The summed E-state index contributed by atoms with van der Waals surface area (Å²) in [6, 6.07) is 15.7. The van der Waals surface area contributed by atoms with Crippen molar-refractivity contribution in [1.29, 1.82) is 0 Å². The monoisotopic (exact) mass is 360 g/mol. The van der Waals surface area contributed by atoms with Crippen molar-refractivity contribution in [1.82, 2.24) is 9.88 Å². The van der Waals surface area contributed by atoms with Crippen molar-refractivity contribution in [2.24, 2.45) is 0 Å². The van der Waals surface area contributed by atoms with E-state index in [0.717, 1.165) is 48.3 Å². The second-order valence-electron chi connectivity index (χ2n) is 7.12. The van der Waals surface area contributed by atoms with Gasteiger partial charge in [0.2, 0.25) is 0 Å². The SMILES string of the molecule is Cc1ccc(NC(=O)c2ccc(N3CCN(C)CC3)cc2)c2cccnc12. The number of likely N-dealkylation sites (N-methyl/N-ethyl adjacent to an activating group) is 1. The van der Waals surface area contributed by atoms with Crippen LogP contribution in [0.1, 0.15) is 15.9 Å². The van der Waals surface area contributed by atoms with Gasteiger partial charge < -0.3 is 15.1 Å². The van der Waals surface area contributed by atoms with Gasteiger partial charge in [0.15, 0.2) is 0 Å². The lowest BCUT2D eigenvalue weighted by Crippen LogP contribution is -2.44. The Kier molecular flexibility index (Phi) is 4.77. The topological polar surface area (TPSA) is 48.5 Å². The van der Waals surface area contributed by atoms with Crippen molar-refractivity contribution in [2.45, 2.75) is 6.92 Å². The van der Waals surface area contributed by atoms with Gasteiger partial charge in [0.1, 0.15) is 0 Å². The summed E-state index contributed by atoms with van der Waals surface area (Å²) in [5, 5.41) is 3.99. The molecule has 0 aliphatic carbocycles. The van der Waals surface area contributed by atoms with Crippen LogP contribution in [0, 0.1) is 6.92 Å². The number of rotatable bonds is 3. The molecule has 1 N–H and O–H groups in total. The van der Waals surface area contributed by atoms with E-state index in [-0.39, 0.29) is 5.91 Å². The van der Waals surface area contributed by atoms with Gasteiger partial charge in [-0.25, -0.2) is 0 Å². The van der Waals surface area contributed by atoms with Crippen molar-refractivity contribution in [3.63, 3.8) is 0 Å². The minimum absolute atomic E-state index is 0.103. The second kappa shape index (κ2) is 7.37. The molecular formula is C22H24N4O. The molecule has 0 radical (unpaired) electrons. The van der Waals surface area contributed by atoms with Crippen LogP contribution in [-0.4, -0.2) is 49.0 Å². The maximum atomic E-state index is 12.7. The largest absolute Gasteiger partial charge is 0.369 e. The highest BCUT2D eigenvalue weighted by Gasteiger charge is 2.15. The third-order valence-electron chi connectivity index (χ3n) is 5.22. The zero-order valence-electron chi connectivity index (χ0n) is 15.8. The molecule has 1 aliphatic rings. The molecule has 138 valence electrons. The van der Waals surface area contributed by atoms with Crippen LogP contribution in [-0.2, 0) is 0 Å². The number of fused-ring (bicyclic) bond motifs is 1. The van der Waals surface area contributed by atoms with E-state index in [4.69, 9.17) is 0 Å². The van der Waals surface area contributed by atoms with Crippen LogP contribution in [0.5, 0.6) is 0 Å². The van der Waals surface area contributed by atoms with Crippen LogP contribution in [0.15, 0.2) is 54.7 Å². The Morgan fingerprint density at radius 1 is 1.00 bits per heavy atom. The van der Waals surface area contributed by atoms with E-state index < -0.39 is 0 Å². The number of nitrogens with zero attached hydrogens (tertiary/aromatic N) is 3. The van der Waals surface area contributed by atoms with Crippen molar-refractivity contribution in [3.05, 3.63) is 65.9 Å². The number of pyridine rings is 1. The van der Waals surface area contributed by atoms with Gasteiger partial charge in [-0.2, -0.15) is 0 Å². The highest BCUT2D eigenvalue weighted by molar-refractivity contribution is 6.09. The molecule has 0 atom stereocenters. The summed E-state index contributed by atoms with van der Waals surface area (Å²) in [6.07, 6.45) is 1.78. The van der Waals surface area contributed by atoms with Gasteiger partial charge in [-0.15, -0.1) is 0 Å². The molecule has 5 nitrogen and oxygen atoms in total. The molecule has 4 rings (SSSR count). The molecule has 0 unspecified atom stereocenters. The highest BCUT2D eigenvalue weighted by atomic mass is 16.1. The molecule has 0 spiro atoms. The number of carbonyl (C=O) groups is 1. The summed E-state index contributed by atoms with van der Waals surface area (Å²) in [4.78, 5) is 21.8. The van der Waals surface area contributed by atoms with Gasteiger partial charge in [0.05, 0.1) is 11.2 Å². The highest BCUT2D eigenvalue weighted by Crippen LogP contribution is 2.25. The third-order valence-corrected chi connectivity index (χ3v) is 5.22. The van der Waals surface area contributed by atoms with Gasteiger partial charge in [-0.3, -0.25) is 9.78 Å². The minimum Gasteiger partial charge on any atom is -0.369 e. The van der Waals surface area contributed by atoms with Gasteiger partial charge >= 0.3 is 0 Å². The molecule has 27 heavy (non-hydrogen) atoms. The number of hydrogen-bond donors (Lipinski definition) is 1. The number of nitrogens with one attached hydrogen (secondary N) is 1. The Balaban J connectivity index is 1.51. The van der Waals surface area contributed by atoms with Crippen LogP contribution in [0.2, 0.25) is 0 Å². The molecule has 1 aliphatic heterocycles. The Labute approximate surface area is 159 Å². The van der Waals surface area contributed by atoms with Crippen molar-refractivity contribution in [2.75, 3.05) is 43.4 Å². The summed E-state index contributed by atoms with van der Waals surface area (Å²) in [7, 11) is 2.15. The van der Waals surface area contributed by atoms with E-state index >= 15 is 0 Å². The molecule has 2 aromatic carbocycles. The summed E-state index contributed by atoms with van der Waals surface area (Å²) in [5.74, 6) is -0.103. The van der Waals surface area contributed by atoms with E-state index in [1.165, 1.54) is 5.69 Å². The van der Waals surface area contributed by atoms with Crippen LogP contribution < -0.4 is 10.2 Å². The number of aryl methyl sites for hydroxylation is 1. The summed E-state index contributed by atoms with van der Waals surface area (Å²) < 4.78 is 0. The molecule has 1 amide bonds. The Morgan fingerprint density at radius 2 is 1.74 bits per heavy atom. The lowest BCUT2D eigenvalue weighted by molar-refractivity contribution is 0.102. The first-order chi connectivity index (χ1) is 13.1. The first-order valence-electron chi connectivity index (χ1n) is 9.31. The number of anilines is 2. The molecule has 5 heteroatoms. The fourth-order valence-corrected chi connectivity index (χ4v) is 3.51. The van der Waals surface area contributed by atoms with Crippen LogP contribution >= 0.6 is 0 Å². The number of amides is 1. The van der Waals surface area contributed by atoms with Gasteiger partial charge in [0, 0.05) is 49.0 Å². The minimum atomic E-state index is -0.103. The third kappa shape index (κ3) is 3.64. The fourth-order valence-electron chi connectivity index (χ4n) is 3.51. The molecule has 1 aromatic heterocycles. The van der Waals surface area contributed by atoms with Crippen LogP contribution in [0.4, 0.5) is 11.4 Å². The lowest BCUT2D eigenvalue weighted by Gasteiger charge is -2.34. The van der Waals surface area contributed by atoms with E-state index in [1.54, 1.807) is 6.20 Å². The maximum Gasteiger partial charge on any atom is 0.255 e. The predicted octanol–water partition coefficient (Wildman–Crippen LogP) is 3.55. The van der Waals surface area contributed by atoms with Gasteiger partial charge in [-0.05, 0) is 62.0 Å². The summed E-state index contributed by atoms with van der Waals surface area (Å²) >= 11 is 0. The maximum absolute atomic E-state index is 12.7. The van der Waals surface area contributed by atoms with Crippen molar-refractivity contribution in [3.8, 4) is 0 Å². The molecule has 3 aromatic rings. The first kappa shape index (κ1) is 17.5. The van der Waals surface area contributed by atoms with Gasteiger partial charge in [0.25, 0.3) is 5.91 Å². The Bertz CT molecular complexity index is 960.